The molecule has 23 heavy (non-hydrogen) atoms. The first-order valence-corrected chi connectivity index (χ1v) is 10.9. The molecule has 1 atom stereocenters. The van der Waals surface area contributed by atoms with Gasteiger partial charge in [-0.1, -0.05) is 28.8 Å². The monoisotopic (exact) mass is 413 g/mol. The molecule has 0 spiro atoms. The Morgan fingerprint density at radius 3 is 2.52 bits per heavy atom. The maximum absolute atomic E-state index is 13.2. The smallest absolute Gasteiger partial charge is 0.207 e. The summed E-state index contributed by atoms with van der Waals surface area (Å²) in [5, 5.41) is 2.06. The molecule has 0 radical (unpaired) electrons. The highest BCUT2D eigenvalue weighted by atomic mass is 79.9. The molecule has 124 valence electrons. The Morgan fingerprint density at radius 1 is 1.13 bits per heavy atom. The minimum absolute atomic E-state index is 0.0360. The van der Waals surface area contributed by atoms with Gasteiger partial charge in [0.05, 0.1) is 10.9 Å². The van der Waals surface area contributed by atoms with E-state index in [0.29, 0.717) is 11.4 Å². The molecule has 1 aromatic carbocycles. The summed E-state index contributed by atoms with van der Waals surface area (Å²) in [6, 6.07) is 8.98. The van der Waals surface area contributed by atoms with E-state index in [1.165, 1.54) is 10.4 Å². The van der Waals surface area contributed by atoms with E-state index in [1.54, 1.807) is 39.9 Å². The van der Waals surface area contributed by atoms with Crippen LogP contribution in [-0.4, -0.2) is 19.3 Å². The van der Waals surface area contributed by atoms with Gasteiger partial charge >= 0.3 is 0 Å². The largest absolute Gasteiger partial charge is 0.243 e. The van der Waals surface area contributed by atoms with Crippen molar-refractivity contribution in [3.05, 3.63) is 50.6 Å². The molecule has 1 aromatic heterocycles. The van der Waals surface area contributed by atoms with Gasteiger partial charge in [0.2, 0.25) is 10.0 Å². The van der Waals surface area contributed by atoms with Crippen LogP contribution >= 0.6 is 27.3 Å². The number of hydrogen-bond acceptors (Lipinski definition) is 3. The summed E-state index contributed by atoms with van der Waals surface area (Å²) in [5.74, 6) is 0. The first-order chi connectivity index (χ1) is 11.0. The van der Waals surface area contributed by atoms with Crippen LogP contribution in [0.3, 0.4) is 0 Å². The van der Waals surface area contributed by atoms with Crippen molar-refractivity contribution in [2.75, 3.05) is 6.54 Å². The number of nitrogens with zero attached hydrogens (tertiary/aromatic N) is 1. The zero-order valence-corrected chi connectivity index (χ0v) is 16.3. The molecule has 0 saturated carbocycles. The summed E-state index contributed by atoms with van der Waals surface area (Å²) in [5.41, 5.74) is 1.19. The minimum Gasteiger partial charge on any atom is -0.207 e. The number of halogens is 1. The Hall–Kier alpha value is -0.690. The Labute approximate surface area is 150 Å². The second-order valence-electron chi connectivity index (χ2n) is 5.90. The number of sulfonamides is 1. The van der Waals surface area contributed by atoms with Gasteiger partial charge < -0.3 is 0 Å². The van der Waals surface area contributed by atoms with Crippen molar-refractivity contribution < 1.29 is 8.42 Å². The molecule has 2 heterocycles. The maximum atomic E-state index is 13.2. The van der Waals surface area contributed by atoms with Gasteiger partial charge in [0.25, 0.3) is 0 Å². The summed E-state index contributed by atoms with van der Waals surface area (Å²) in [7, 11) is -3.47. The molecule has 0 amide bonds. The summed E-state index contributed by atoms with van der Waals surface area (Å²) < 4.78 is 29.0. The molecule has 1 fully saturated rings. The van der Waals surface area contributed by atoms with Gasteiger partial charge in [-0.05, 0) is 61.0 Å². The van der Waals surface area contributed by atoms with E-state index in [4.69, 9.17) is 0 Å². The molecule has 1 aliphatic rings. The van der Waals surface area contributed by atoms with Crippen LogP contribution in [0.25, 0.3) is 0 Å². The van der Waals surface area contributed by atoms with Crippen molar-refractivity contribution in [2.24, 2.45) is 0 Å². The van der Waals surface area contributed by atoms with Crippen LogP contribution in [0.15, 0.2) is 45.1 Å². The van der Waals surface area contributed by atoms with Gasteiger partial charge in [0, 0.05) is 15.9 Å². The number of benzene rings is 1. The normalized spacial score (nSPS) is 20.3. The molecule has 1 aliphatic heterocycles. The third-order valence-corrected chi connectivity index (χ3v) is 7.90. The number of thiophene rings is 1. The van der Waals surface area contributed by atoms with Crippen LogP contribution in [0.1, 0.15) is 42.2 Å². The van der Waals surface area contributed by atoms with Crippen molar-refractivity contribution >= 4 is 37.3 Å². The molecule has 0 N–H and O–H groups in total. The van der Waals surface area contributed by atoms with Crippen molar-refractivity contribution in [1.29, 1.82) is 0 Å². The quantitative estimate of drug-likeness (QED) is 0.699. The highest BCUT2D eigenvalue weighted by Crippen LogP contribution is 2.38. The van der Waals surface area contributed by atoms with Crippen molar-refractivity contribution in [1.82, 2.24) is 4.31 Å². The van der Waals surface area contributed by atoms with Crippen LogP contribution < -0.4 is 0 Å². The number of rotatable bonds is 3. The second-order valence-corrected chi connectivity index (χ2v) is 9.66. The van der Waals surface area contributed by atoms with Crippen molar-refractivity contribution in [2.45, 2.75) is 43.5 Å². The van der Waals surface area contributed by atoms with Crippen LogP contribution in [0, 0.1) is 6.92 Å². The molecule has 2 aromatic rings. The predicted molar refractivity (Wildman–Crippen MR) is 98.3 cm³/mol. The fourth-order valence-electron chi connectivity index (χ4n) is 3.10. The van der Waals surface area contributed by atoms with E-state index < -0.39 is 10.0 Å². The van der Waals surface area contributed by atoms with Gasteiger partial charge in [-0.15, -0.1) is 11.3 Å². The van der Waals surface area contributed by atoms with Crippen LogP contribution in [0.4, 0.5) is 0 Å². The van der Waals surface area contributed by atoms with Crippen LogP contribution in [0.5, 0.6) is 0 Å². The zero-order chi connectivity index (χ0) is 16.4. The summed E-state index contributed by atoms with van der Waals surface area (Å²) in [6.45, 7) is 2.67. The summed E-state index contributed by atoms with van der Waals surface area (Å²) in [6.07, 6.45) is 4.00. The zero-order valence-electron chi connectivity index (χ0n) is 13.0. The van der Waals surface area contributed by atoms with Crippen LogP contribution in [-0.2, 0) is 10.0 Å². The molecule has 3 rings (SSSR count). The number of aryl methyl sites for hydroxylation is 1. The SMILES string of the molecule is Cc1ccsc1C1CCCCCN1S(=O)(=O)c1ccc(Br)cc1. The molecule has 6 heteroatoms. The van der Waals surface area contributed by atoms with Gasteiger partial charge in [-0.25, -0.2) is 8.42 Å². The third kappa shape index (κ3) is 3.55. The molecule has 3 nitrogen and oxygen atoms in total. The first kappa shape index (κ1) is 17.1. The minimum atomic E-state index is -3.47. The lowest BCUT2D eigenvalue weighted by molar-refractivity contribution is 0.332. The van der Waals surface area contributed by atoms with Gasteiger partial charge in [0.1, 0.15) is 0 Å². The molecular formula is C17H20BrNO2S2. The first-order valence-electron chi connectivity index (χ1n) is 7.81. The van der Waals surface area contributed by atoms with E-state index >= 15 is 0 Å². The van der Waals surface area contributed by atoms with Gasteiger partial charge in [-0.2, -0.15) is 4.31 Å². The molecule has 1 saturated heterocycles. The van der Waals surface area contributed by atoms with E-state index in [-0.39, 0.29) is 6.04 Å². The molecule has 0 bridgehead atoms. The van der Waals surface area contributed by atoms with E-state index in [2.05, 4.69) is 34.3 Å². The average Bonchev–Trinajstić information content (AvgIpc) is 2.80. The Bertz CT molecular complexity index is 768. The molecule has 1 unspecified atom stereocenters. The molecule has 0 aliphatic carbocycles. The average molecular weight is 414 g/mol. The van der Waals surface area contributed by atoms with Crippen molar-refractivity contribution in [3.8, 4) is 0 Å². The van der Waals surface area contributed by atoms with Crippen LogP contribution in [0.2, 0.25) is 0 Å². The van der Waals surface area contributed by atoms with Gasteiger partial charge in [-0.3, -0.25) is 0 Å². The lowest BCUT2D eigenvalue weighted by atomic mass is 10.1. The highest BCUT2D eigenvalue weighted by Gasteiger charge is 2.34. The fraction of sp³-hybridized carbons (Fsp3) is 0.412. The maximum Gasteiger partial charge on any atom is 0.243 e. The second kappa shape index (κ2) is 7.05. The number of hydrogen-bond donors (Lipinski definition) is 0. The Morgan fingerprint density at radius 2 is 1.87 bits per heavy atom. The topological polar surface area (TPSA) is 37.4 Å². The lowest BCUT2D eigenvalue weighted by Gasteiger charge is -2.29. The Kier molecular flexibility index (Phi) is 5.26. The van der Waals surface area contributed by atoms with E-state index in [9.17, 15) is 8.42 Å². The van der Waals surface area contributed by atoms with E-state index in [1.807, 2.05) is 0 Å². The summed E-state index contributed by atoms with van der Waals surface area (Å²) >= 11 is 5.04. The Balaban J connectivity index is 2.02. The standard InChI is InChI=1S/C17H20BrNO2S2/c1-13-10-12-22-17(13)16-5-3-2-4-11-19(16)23(20,21)15-8-6-14(18)7-9-15/h6-10,12,16H,2-5,11H2,1H3. The third-order valence-electron chi connectivity index (χ3n) is 4.33. The fourth-order valence-corrected chi connectivity index (χ4v) is 6.17. The summed E-state index contributed by atoms with van der Waals surface area (Å²) in [4.78, 5) is 1.56. The van der Waals surface area contributed by atoms with Crippen molar-refractivity contribution in [3.63, 3.8) is 0 Å². The van der Waals surface area contributed by atoms with E-state index in [0.717, 1.165) is 30.2 Å². The molecular weight excluding hydrogens is 394 g/mol. The highest BCUT2D eigenvalue weighted by molar-refractivity contribution is 9.10. The lowest BCUT2D eigenvalue weighted by Crippen LogP contribution is -2.34. The predicted octanol–water partition coefficient (Wildman–Crippen LogP) is 5.13. The van der Waals surface area contributed by atoms with Gasteiger partial charge in [0.15, 0.2) is 0 Å².